The molecule has 1 atom stereocenters. The monoisotopic (exact) mass is 334 g/mol. The lowest BCUT2D eigenvalue weighted by atomic mass is 10.1. The molecule has 0 aliphatic heterocycles. The van der Waals surface area contributed by atoms with Crippen molar-refractivity contribution in [2.75, 3.05) is 13.1 Å². The number of ether oxygens (including phenoxy) is 1. The molecule has 0 saturated heterocycles. The molecule has 0 aliphatic rings. The van der Waals surface area contributed by atoms with Gasteiger partial charge < -0.3 is 15.0 Å². The second-order valence-corrected chi connectivity index (χ2v) is 8.39. The Kier molecular flexibility index (Phi) is 6.85. The minimum Gasteiger partial charge on any atom is -0.444 e. The molecule has 0 fully saturated rings. The van der Waals surface area contributed by atoms with E-state index >= 15 is 0 Å². The number of carbonyl (C=O) groups is 1. The van der Waals surface area contributed by atoms with Crippen molar-refractivity contribution < 1.29 is 9.53 Å². The Hall–Kier alpha value is -1.55. The average Bonchev–Trinajstić information content (AvgIpc) is 2.40. The zero-order valence-electron chi connectivity index (χ0n) is 16.6. The number of carbonyl (C=O) groups excluding carboxylic acids is 1. The number of amides is 1. The summed E-state index contributed by atoms with van der Waals surface area (Å²) in [4.78, 5) is 14.2. The van der Waals surface area contributed by atoms with Gasteiger partial charge in [-0.25, -0.2) is 4.79 Å². The van der Waals surface area contributed by atoms with E-state index in [0.29, 0.717) is 13.1 Å². The molecule has 0 heterocycles. The molecule has 4 nitrogen and oxygen atoms in total. The second kappa shape index (κ2) is 8.02. The maximum atomic E-state index is 12.5. The third-order valence-corrected chi connectivity index (χ3v) is 3.79. The Morgan fingerprint density at radius 1 is 1.12 bits per heavy atom. The van der Waals surface area contributed by atoms with Gasteiger partial charge in [0.2, 0.25) is 0 Å². The van der Waals surface area contributed by atoms with Crippen molar-refractivity contribution in [3.63, 3.8) is 0 Å². The fourth-order valence-electron chi connectivity index (χ4n) is 2.38. The average molecular weight is 335 g/mol. The molecule has 1 amide bonds. The molecule has 0 spiro atoms. The minimum atomic E-state index is -0.483. The Balaban J connectivity index is 2.62. The highest BCUT2D eigenvalue weighted by molar-refractivity contribution is 5.69. The van der Waals surface area contributed by atoms with E-state index in [9.17, 15) is 4.79 Å². The lowest BCUT2D eigenvalue weighted by Crippen LogP contribution is -2.50. The minimum absolute atomic E-state index is 0.242. The first-order chi connectivity index (χ1) is 10.9. The van der Waals surface area contributed by atoms with E-state index in [1.165, 1.54) is 11.1 Å². The molecule has 0 bridgehead atoms. The Morgan fingerprint density at radius 2 is 1.67 bits per heavy atom. The molecule has 1 aromatic carbocycles. The highest BCUT2D eigenvalue weighted by atomic mass is 16.6. The molecule has 1 aromatic rings. The van der Waals surface area contributed by atoms with E-state index in [1.54, 1.807) is 4.90 Å². The Bertz CT molecular complexity index is 524. The fraction of sp³-hybridized carbons (Fsp3) is 0.650. The largest absolute Gasteiger partial charge is 0.444 e. The molecule has 4 heteroatoms. The van der Waals surface area contributed by atoms with Gasteiger partial charge in [-0.05, 0) is 61.0 Å². The van der Waals surface area contributed by atoms with Crippen LogP contribution >= 0.6 is 0 Å². The number of aryl methyl sites for hydroxylation is 1. The van der Waals surface area contributed by atoms with Crippen molar-refractivity contribution in [1.82, 2.24) is 10.2 Å². The van der Waals surface area contributed by atoms with Gasteiger partial charge in [0.1, 0.15) is 5.60 Å². The smallest absolute Gasteiger partial charge is 0.410 e. The second-order valence-electron chi connectivity index (χ2n) is 8.39. The van der Waals surface area contributed by atoms with Crippen LogP contribution in [0.1, 0.15) is 65.6 Å². The number of hydrogen-bond donors (Lipinski definition) is 1. The van der Waals surface area contributed by atoms with Crippen molar-refractivity contribution in [3.8, 4) is 0 Å². The van der Waals surface area contributed by atoms with Gasteiger partial charge in [0.05, 0.1) is 0 Å². The summed E-state index contributed by atoms with van der Waals surface area (Å²) < 4.78 is 5.54. The van der Waals surface area contributed by atoms with E-state index in [0.717, 1.165) is 0 Å². The summed E-state index contributed by atoms with van der Waals surface area (Å²) in [7, 11) is 0. The van der Waals surface area contributed by atoms with Crippen molar-refractivity contribution in [2.45, 2.75) is 72.6 Å². The van der Waals surface area contributed by atoms with Crippen LogP contribution in [0, 0.1) is 6.92 Å². The molecule has 0 radical (unpaired) electrons. The third-order valence-electron chi connectivity index (χ3n) is 3.79. The maximum Gasteiger partial charge on any atom is 0.410 e. The maximum absolute atomic E-state index is 12.5. The molecule has 136 valence electrons. The van der Waals surface area contributed by atoms with E-state index in [2.05, 4.69) is 43.4 Å². The quantitative estimate of drug-likeness (QED) is 0.850. The number of benzene rings is 1. The summed E-state index contributed by atoms with van der Waals surface area (Å²) >= 11 is 0. The van der Waals surface area contributed by atoms with Gasteiger partial charge in [-0.2, -0.15) is 0 Å². The first-order valence-corrected chi connectivity index (χ1v) is 8.71. The summed E-state index contributed by atoms with van der Waals surface area (Å²) in [6, 6.07) is 8.77. The molecule has 1 rings (SSSR count). The van der Waals surface area contributed by atoms with Gasteiger partial charge in [-0.1, -0.05) is 29.8 Å². The lowest BCUT2D eigenvalue weighted by molar-refractivity contribution is 0.00649. The Morgan fingerprint density at radius 3 is 2.12 bits per heavy atom. The van der Waals surface area contributed by atoms with Crippen LogP contribution in [0.4, 0.5) is 4.79 Å². The summed E-state index contributed by atoms with van der Waals surface area (Å²) in [5.74, 6) is 0. The van der Waals surface area contributed by atoms with Crippen LogP contribution in [-0.4, -0.2) is 35.2 Å². The van der Waals surface area contributed by atoms with Crippen LogP contribution < -0.4 is 5.32 Å². The molecule has 0 unspecified atom stereocenters. The molecule has 0 aromatic heterocycles. The zero-order chi connectivity index (χ0) is 18.5. The first kappa shape index (κ1) is 20.5. The van der Waals surface area contributed by atoms with Crippen LogP contribution in [0.5, 0.6) is 0 Å². The normalized spacial score (nSPS) is 13.5. The van der Waals surface area contributed by atoms with Crippen molar-refractivity contribution >= 4 is 6.09 Å². The van der Waals surface area contributed by atoms with Crippen molar-refractivity contribution in [1.29, 1.82) is 0 Å². The van der Waals surface area contributed by atoms with Gasteiger partial charge in [-0.15, -0.1) is 0 Å². The fourth-order valence-corrected chi connectivity index (χ4v) is 2.38. The molecular formula is C20H34N2O2. The molecule has 0 aliphatic carbocycles. The SMILES string of the molecule is Cc1ccc([C@@H](C)NCCN(C(=O)OC(C)(C)C)C(C)(C)C)cc1. The molecule has 0 saturated carbocycles. The summed E-state index contributed by atoms with van der Waals surface area (Å²) in [5.41, 5.74) is 1.75. The van der Waals surface area contributed by atoms with Gasteiger partial charge in [0.15, 0.2) is 0 Å². The third kappa shape index (κ3) is 6.91. The predicted molar refractivity (Wildman–Crippen MR) is 100 cm³/mol. The number of hydrogen-bond acceptors (Lipinski definition) is 3. The number of nitrogens with one attached hydrogen (secondary N) is 1. The van der Waals surface area contributed by atoms with Crippen LogP contribution in [0.15, 0.2) is 24.3 Å². The number of rotatable bonds is 5. The summed E-state index contributed by atoms with van der Waals surface area (Å²) in [6.07, 6.45) is -0.264. The van der Waals surface area contributed by atoms with E-state index < -0.39 is 5.60 Å². The predicted octanol–water partition coefficient (Wildman–Crippen LogP) is 4.68. The highest BCUT2D eigenvalue weighted by Crippen LogP contribution is 2.18. The van der Waals surface area contributed by atoms with E-state index in [4.69, 9.17) is 4.74 Å². The van der Waals surface area contributed by atoms with Crippen molar-refractivity contribution in [2.24, 2.45) is 0 Å². The van der Waals surface area contributed by atoms with E-state index in [1.807, 2.05) is 41.5 Å². The van der Waals surface area contributed by atoms with Gasteiger partial charge in [0.25, 0.3) is 0 Å². The van der Waals surface area contributed by atoms with Gasteiger partial charge in [0, 0.05) is 24.7 Å². The Labute approximate surface area is 147 Å². The van der Waals surface area contributed by atoms with Gasteiger partial charge in [-0.3, -0.25) is 0 Å². The molecule has 24 heavy (non-hydrogen) atoms. The van der Waals surface area contributed by atoms with Crippen molar-refractivity contribution in [3.05, 3.63) is 35.4 Å². The van der Waals surface area contributed by atoms with E-state index in [-0.39, 0.29) is 17.7 Å². The summed E-state index contributed by atoms with van der Waals surface area (Å²) in [5, 5.41) is 3.49. The highest BCUT2D eigenvalue weighted by Gasteiger charge is 2.30. The summed E-state index contributed by atoms with van der Waals surface area (Å²) in [6.45, 7) is 17.3. The van der Waals surface area contributed by atoms with Gasteiger partial charge >= 0.3 is 6.09 Å². The van der Waals surface area contributed by atoms with Crippen LogP contribution in [0.3, 0.4) is 0 Å². The molecule has 1 N–H and O–H groups in total. The molecular weight excluding hydrogens is 300 g/mol. The first-order valence-electron chi connectivity index (χ1n) is 8.71. The van der Waals surface area contributed by atoms with Crippen LogP contribution in [0.2, 0.25) is 0 Å². The van der Waals surface area contributed by atoms with Crippen LogP contribution in [0.25, 0.3) is 0 Å². The zero-order valence-corrected chi connectivity index (χ0v) is 16.6. The van der Waals surface area contributed by atoms with Crippen LogP contribution in [-0.2, 0) is 4.74 Å². The lowest BCUT2D eigenvalue weighted by Gasteiger charge is -2.37. The number of nitrogens with zero attached hydrogens (tertiary/aromatic N) is 1. The topological polar surface area (TPSA) is 41.6 Å². The standard InChI is InChI=1S/C20H34N2O2/c1-15-9-11-17(12-10-15)16(2)21-13-14-22(19(3,4)5)18(23)24-20(6,7)8/h9-12,16,21H,13-14H2,1-8H3/t16-/m1/s1.